The Morgan fingerprint density at radius 2 is 2.23 bits per heavy atom. The maximum atomic E-state index is 12.4. The third kappa shape index (κ3) is 5.77. The van der Waals surface area contributed by atoms with Crippen LogP contribution in [-0.2, 0) is 16.0 Å². The molecule has 2 aromatic rings. The fourth-order valence-electron chi connectivity index (χ4n) is 2.84. The summed E-state index contributed by atoms with van der Waals surface area (Å²) in [6.07, 6.45) is 3.78. The lowest BCUT2D eigenvalue weighted by molar-refractivity contribution is -0.133. The molecule has 1 fully saturated rings. The number of carbonyl (C=O) groups excluding carboxylic acids is 1. The lowest BCUT2D eigenvalue weighted by atomic mass is 10.1. The number of halogens is 1. The predicted octanol–water partition coefficient (Wildman–Crippen LogP) is 2.51. The first-order valence-electron chi connectivity index (χ1n) is 8.72. The molecule has 9 heteroatoms. The fourth-order valence-corrected chi connectivity index (χ4v) is 3.49. The lowest BCUT2D eigenvalue weighted by Gasteiger charge is -2.32. The summed E-state index contributed by atoms with van der Waals surface area (Å²) in [5.74, 6) is 1.24. The normalized spacial score (nSPS) is 15.0. The van der Waals surface area contributed by atoms with Gasteiger partial charge in [-0.1, -0.05) is 11.2 Å². The predicted molar refractivity (Wildman–Crippen MR) is 102 cm³/mol. The van der Waals surface area contributed by atoms with Crippen molar-refractivity contribution in [1.29, 1.82) is 0 Å². The monoisotopic (exact) mass is 400 g/mol. The zero-order valence-electron chi connectivity index (χ0n) is 14.6. The van der Waals surface area contributed by atoms with Gasteiger partial charge in [0, 0.05) is 32.5 Å². The van der Waals surface area contributed by atoms with Crippen LogP contribution in [0, 0.1) is 0 Å². The minimum absolute atomic E-state index is 0. The number of hydrogen-bond acceptors (Lipinski definition) is 7. The number of aromatic nitrogens is 2. The minimum Gasteiger partial charge on any atom is -0.378 e. The molecule has 1 amide bonds. The summed E-state index contributed by atoms with van der Waals surface area (Å²) < 4.78 is 11.0. The summed E-state index contributed by atoms with van der Waals surface area (Å²) in [5.41, 5.74) is 5.47. The molecule has 2 N–H and O–H groups in total. The van der Waals surface area contributed by atoms with E-state index in [0.29, 0.717) is 37.7 Å². The first kappa shape index (κ1) is 20.8. The van der Waals surface area contributed by atoms with E-state index in [1.807, 2.05) is 22.4 Å². The second kappa shape index (κ2) is 10.6. The number of hydrogen-bond donors (Lipinski definition) is 1. The molecule has 0 unspecified atom stereocenters. The first-order chi connectivity index (χ1) is 12.3. The smallest absolute Gasteiger partial charge is 0.227 e. The standard InChI is InChI=1S/C17H24N4O3S.ClH/c18-8-2-11-23-13-6-9-21(10-7-13)16(22)5-4-15-19-17(20-24-15)14-3-1-12-25-14;/h1,3,12-13H,2,4-11,18H2;1H. The highest BCUT2D eigenvalue weighted by Crippen LogP contribution is 2.22. The molecule has 7 nitrogen and oxygen atoms in total. The van der Waals surface area contributed by atoms with Gasteiger partial charge in [0.05, 0.1) is 11.0 Å². The molecule has 0 radical (unpaired) electrons. The number of rotatable bonds is 8. The maximum Gasteiger partial charge on any atom is 0.227 e. The maximum absolute atomic E-state index is 12.4. The Morgan fingerprint density at radius 1 is 1.42 bits per heavy atom. The van der Waals surface area contributed by atoms with Gasteiger partial charge in [-0.15, -0.1) is 23.7 Å². The molecule has 3 heterocycles. The zero-order chi connectivity index (χ0) is 17.5. The van der Waals surface area contributed by atoms with E-state index in [9.17, 15) is 4.79 Å². The van der Waals surface area contributed by atoms with E-state index in [1.165, 1.54) is 0 Å². The van der Waals surface area contributed by atoms with Crippen LogP contribution in [0.3, 0.4) is 0 Å². The van der Waals surface area contributed by atoms with Crippen LogP contribution in [-0.4, -0.2) is 53.3 Å². The van der Waals surface area contributed by atoms with Gasteiger partial charge in [-0.3, -0.25) is 4.79 Å². The van der Waals surface area contributed by atoms with Crippen LogP contribution < -0.4 is 5.73 Å². The van der Waals surface area contributed by atoms with Gasteiger partial charge in [0.1, 0.15) is 0 Å². The third-order valence-corrected chi connectivity index (χ3v) is 5.12. The molecule has 0 atom stereocenters. The number of nitrogens with two attached hydrogens (primary N) is 1. The molecule has 3 rings (SSSR count). The highest BCUT2D eigenvalue weighted by atomic mass is 35.5. The number of ether oxygens (including phenoxy) is 1. The number of likely N-dealkylation sites (tertiary alicyclic amines) is 1. The molecule has 0 saturated carbocycles. The summed E-state index contributed by atoms with van der Waals surface area (Å²) in [4.78, 5) is 19.6. The number of amides is 1. The van der Waals surface area contributed by atoms with Crippen molar-refractivity contribution in [3.63, 3.8) is 0 Å². The molecule has 0 spiro atoms. The molecular weight excluding hydrogens is 376 g/mol. The Bertz CT molecular complexity index is 657. The number of thiophene rings is 1. The first-order valence-corrected chi connectivity index (χ1v) is 9.60. The van der Waals surface area contributed by atoms with Crippen LogP contribution in [0.4, 0.5) is 0 Å². The van der Waals surface area contributed by atoms with Crippen LogP contribution in [0.15, 0.2) is 22.0 Å². The van der Waals surface area contributed by atoms with Gasteiger partial charge in [0.15, 0.2) is 0 Å². The molecule has 144 valence electrons. The highest BCUT2D eigenvalue weighted by Gasteiger charge is 2.23. The molecule has 1 saturated heterocycles. The van der Waals surface area contributed by atoms with E-state index >= 15 is 0 Å². The van der Waals surface area contributed by atoms with Gasteiger partial charge in [-0.25, -0.2) is 0 Å². The Balaban J connectivity index is 0.00000243. The number of aryl methyl sites for hydroxylation is 1. The summed E-state index contributed by atoms with van der Waals surface area (Å²) in [7, 11) is 0. The van der Waals surface area contributed by atoms with Gasteiger partial charge in [-0.05, 0) is 37.3 Å². The van der Waals surface area contributed by atoms with E-state index in [2.05, 4.69) is 10.1 Å². The van der Waals surface area contributed by atoms with E-state index in [1.54, 1.807) is 11.3 Å². The molecule has 1 aliphatic rings. The molecule has 1 aliphatic heterocycles. The Labute approximate surface area is 163 Å². The molecule has 0 bridgehead atoms. The summed E-state index contributed by atoms with van der Waals surface area (Å²) in [6.45, 7) is 2.85. The van der Waals surface area contributed by atoms with Crippen molar-refractivity contribution in [2.45, 2.75) is 38.2 Å². The van der Waals surface area contributed by atoms with Crippen molar-refractivity contribution in [2.75, 3.05) is 26.2 Å². The minimum atomic E-state index is 0. The second-order valence-corrected chi connectivity index (χ2v) is 7.03. The van der Waals surface area contributed by atoms with Crippen molar-refractivity contribution in [1.82, 2.24) is 15.0 Å². The van der Waals surface area contributed by atoms with Gasteiger partial charge >= 0.3 is 0 Å². The largest absolute Gasteiger partial charge is 0.378 e. The SMILES string of the molecule is Cl.NCCCOC1CCN(C(=O)CCc2nc(-c3cccs3)no2)CC1. The Morgan fingerprint density at radius 3 is 2.92 bits per heavy atom. The average molecular weight is 401 g/mol. The van der Waals surface area contributed by atoms with E-state index in [-0.39, 0.29) is 24.4 Å². The van der Waals surface area contributed by atoms with Gasteiger partial charge in [-0.2, -0.15) is 4.98 Å². The van der Waals surface area contributed by atoms with Crippen LogP contribution >= 0.6 is 23.7 Å². The fraction of sp³-hybridized carbons (Fsp3) is 0.588. The van der Waals surface area contributed by atoms with Crippen LogP contribution in [0.5, 0.6) is 0 Å². The zero-order valence-corrected chi connectivity index (χ0v) is 16.3. The molecule has 0 aromatic carbocycles. The quantitative estimate of drug-likeness (QED) is 0.684. The summed E-state index contributed by atoms with van der Waals surface area (Å²) in [6, 6.07) is 3.90. The van der Waals surface area contributed by atoms with Crippen molar-refractivity contribution in [2.24, 2.45) is 5.73 Å². The number of nitrogens with zero attached hydrogens (tertiary/aromatic N) is 3. The Hall–Kier alpha value is -1.48. The number of piperidine rings is 1. The van der Waals surface area contributed by atoms with Gasteiger partial charge in [0.25, 0.3) is 0 Å². The lowest BCUT2D eigenvalue weighted by Crippen LogP contribution is -2.41. The second-order valence-electron chi connectivity index (χ2n) is 6.08. The summed E-state index contributed by atoms with van der Waals surface area (Å²) >= 11 is 1.56. The van der Waals surface area contributed by atoms with Crippen LogP contribution in [0.2, 0.25) is 0 Å². The van der Waals surface area contributed by atoms with Crippen molar-refractivity contribution in [3.8, 4) is 10.7 Å². The number of carbonyl (C=O) groups is 1. The molecule has 0 aliphatic carbocycles. The van der Waals surface area contributed by atoms with Gasteiger partial charge in [0.2, 0.25) is 17.6 Å². The van der Waals surface area contributed by atoms with Crippen LogP contribution in [0.1, 0.15) is 31.6 Å². The third-order valence-electron chi connectivity index (χ3n) is 4.26. The van der Waals surface area contributed by atoms with E-state index in [4.69, 9.17) is 15.0 Å². The van der Waals surface area contributed by atoms with Crippen molar-refractivity contribution in [3.05, 3.63) is 23.4 Å². The van der Waals surface area contributed by atoms with Crippen molar-refractivity contribution < 1.29 is 14.1 Å². The summed E-state index contributed by atoms with van der Waals surface area (Å²) in [5, 5.41) is 5.94. The topological polar surface area (TPSA) is 94.5 Å². The average Bonchev–Trinajstić information content (AvgIpc) is 3.32. The highest BCUT2D eigenvalue weighted by molar-refractivity contribution is 7.13. The van der Waals surface area contributed by atoms with E-state index < -0.39 is 0 Å². The Kier molecular flexibility index (Phi) is 8.50. The molecule has 26 heavy (non-hydrogen) atoms. The van der Waals surface area contributed by atoms with Crippen molar-refractivity contribution >= 4 is 29.7 Å². The molecular formula is C17H25ClN4O3S. The van der Waals surface area contributed by atoms with Gasteiger partial charge < -0.3 is 19.9 Å². The van der Waals surface area contributed by atoms with Crippen LogP contribution in [0.25, 0.3) is 10.7 Å². The van der Waals surface area contributed by atoms with E-state index in [0.717, 1.165) is 37.2 Å². The molecule has 2 aromatic heterocycles.